The van der Waals surface area contributed by atoms with Gasteiger partial charge in [-0.1, -0.05) is 4.68 Å². The maximum absolute atomic E-state index is 10.3. The fourth-order valence-electron chi connectivity index (χ4n) is 0.740. The smallest absolute Gasteiger partial charge is 0.197 e. The summed E-state index contributed by atoms with van der Waals surface area (Å²) < 4.78 is 1.44. The highest BCUT2D eigenvalue weighted by atomic mass is 16.4. The number of carboxylic acids is 1. The summed E-state index contributed by atoms with van der Waals surface area (Å²) in [6.45, 7) is 0.329. The highest BCUT2D eigenvalue weighted by Gasteiger charge is 2.01. The van der Waals surface area contributed by atoms with Crippen molar-refractivity contribution in [1.29, 1.82) is 0 Å². The number of carbonyl (C=O) groups is 1. The SMILES string of the molecule is O=C([O-])c1cc[n+](CCO)nc1. The van der Waals surface area contributed by atoms with Gasteiger partial charge in [0.2, 0.25) is 0 Å². The van der Waals surface area contributed by atoms with Gasteiger partial charge in [0.25, 0.3) is 0 Å². The first kappa shape index (κ1) is 8.61. The molecular formula is C7H8N2O3. The van der Waals surface area contributed by atoms with Gasteiger partial charge < -0.3 is 15.0 Å². The Balaban J connectivity index is 2.78. The van der Waals surface area contributed by atoms with Crippen molar-refractivity contribution >= 4 is 5.97 Å². The lowest BCUT2D eigenvalue weighted by molar-refractivity contribution is -0.754. The van der Waals surface area contributed by atoms with Gasteiger partial charge in [-0.3, -0.25) is 0 Å². The average molecular weight is 168 g/mol. The van der Waals surface area contributed by atoms with Crippen LogP contribution in [0.3, 0.4) is 0 Å². The molecule has 5 heteroatoms. The van der Waals surface area contributed by atoms with Crippen molar-refractivity contribution in [3.05, 3.63) is 24.0 Å². The zero-order chi connectivity index (χ0) is 8.97. The van der Waals surface area contributed by atoms with Crippen molar-refractivity contribution in [2.75, 3.05) is 6.61 Å². The number of aromatic nitrogens is 2. The number of carboxylic acid groups (broad SMARTS) is 1. The Kier molecular flexibility index (Phi) is 2.71. The maximum Gasteiger partial charge on any atom is 0.197 e. The highest BCUT2D eigenvalue weighted by Crippen LogP contribution is 1.88. The van der Waals surface area contributed by atoms with E-state index in [2.05, 4.69) is 5.10 Å². The van der Waals surface area contributed by atoms with Crippen LogP contribution in [0.15, 0.2) is 18.5 Å². The second kappa shape index (κ2) is 3.77. The Morgan fingerprint density at radius 3 is 2.92 bits per heavy atom. The zero-order valence-electron chi connectivity index (χ0n) is 6.30. The molecule has 0 saturated heterocycles. The van der Waals surface area contributed by atoms with Gasteiger partial charge in [-0.25, -0.2) is 0 Å². The Morgan fingerprint density at radius 2 is 2.50 bits per heavy atom. The molecule has 1 aromatic rings. The van der Waals surface area contributed by atoms with E-state index in [0.29, 0.717) is 6.54 Å². The molecule has 0 fully saturated rings. The zero-order valence-corrected chi connectivity index (χ0v) is 6.30. The quantitative estimate of drug-likeness (QED) is 0.516. The third kappa shape index (κ3) is 2.00. The summed E-state index contributed by atoms with van der Waals surface area (Å²) >= 11 is 0. The molecule has 0 atom stereocenters. The second-order valence-corrected chi connectivity index (χ2v) is 2.19. The predicted molar refractivity (Wildman–Crippen MR) is 35.8 cm³/mol. The standard InChI is InChI=1S/C7H8N2O3/c10-4-3-9-2-1-6(5-8-9)7(11)12/h1-2,5,10H,3-4H2. The summed E-state index contributed by atoms with van der Waals surface area (Å²) in [6.07, 6.45) is 2.66. The largest absolute Gasteiger partial charge is 0.545 e. The summed E-state index contributed by atoms with van der Waals surface area (Å²) in [4.78, 5) is 10.3. The van der Waals surface area contributed by atoms with E-state index in [9.17, 15) is 9.90 Å². The number of carbonyl (C=O) groups excluding carboxylic acids is 1. The van der Waals surface area contributed by atoms with Crippen LogP contribution < -0.4 is 9.79 Å². The minimum absolute atomic E-state index is 0.0255. The normalized spacial score (nSPS) is 9.75. The number of nitrogens with zero attached hydrogens (tertiary/aromatic N) is 2. The molecule has 64 valence electrons. The third-order valence-electron chi connectivity index (χ3n) is 1.34. The van der Waals surface area contributed by atoms with Crippen LogP contribution in [0, 0.1) is 0 Å². The van der Waals surface area contributed by atoms with Crippen molar-refractivity contribution in [2.24, 2.45) is 0 Å². The van der Waals surface area contributed by atoms with E-state index in [1.165, 1.54) is 23.1 Å². The van der Waals surface area contributed by atoms with Crippen LogP contribution >= 0.6 is 0 Å². The molecule has 1 rings (SSSR count). The van der Waals surface area contributed by atoms with E-state index in [0.717, 1.165) is 0 Å². The van der Waals surface area contributed by atoms with Gasteiger partial charge in [0.05, 0.1) is 5.97 Å². The second-order valence-electron chi connectivity index (χ2n) is 2.19. The van der Waals surface area contributed by atoms with Crippen molar-refractivity contribution in [2.45, 2.75) is 6.54 Å². The molecule has 0 radical (unpaired) electrons. The Labute approximate surface area is 68.9 Å². The van der Waals surface area contributed by atoms with Gasteiger partial charge in [0, 0.05) is 11.6 Å². The van der Waals surface area contributed by atoms with Gasteiger partial charge >= 0.3 is 0 Å². The fraction of sp³-hybridized carbons (Fsp3) is 0.286. The summed E-state index contributed by atoms with van der Waals surface area (Å²) in [7, 11) is 0. The lowest BCUT2D eigenvalue weighted by atomic mass is 10.3. The van der Waals surface area contributed by atoms with E-state index < -0.39 is 5.97 Å². The van der Waals surface area contributed by atoms with Crippen LogP contribution in [0.4, 0.5) is 0 Å². The number of aliphatic hydroxyl groups is 1. The Bertz CT molecular complexity index is 270. The molecule has 0 aliphatic carbocycles. The molecule has 0 aliphatic rings. The molecule has 5 nitrogen and oxygen atoms in total. The topological polar surface area (TPSA) is 77.1 Å². The van der Waals surface area contributed by atoms with Crippen molar-refractivity contribution in [3.63, 3.8) is 0 Å². The van der Waals surface area contributed by atoms with Crippen molar-refractivity contribution in [3.8, 4) is 0 Å². The molecule has 0 unspecified atom stereocenters. The van der Waals surface area contributed by atoms with Crippen molar-refractivity contribution < 1.29 is 19.7 Å². The van der Waals surface area contributed by atoms with Crippen LogP contribution in [-0.4, -0.2) is 22.8 Å². The van der Waals surface area contributed by atoms with E-state index in [4.69, 9.17) is 5.11 Å². The van der Waals surface area contributed by atoms with Crippen LogP contribution in [0.1, 0.15) is 10.4 Å². The van der Waals surface area contributed by atoms with Gasteiger partial charge in [-0.05, 0) is 5.10 Å². The molecule has 0 bridgehead atoms. The molecule has 1 heterocycles. The number of rotatable bonds is 3. The van der Waals surface area contributed by atoms with Gasteiger partial charge in [-0.15, -0.1) is 0 Å². The lowest BCUT2D eigenvalue weighted by Crippen LogP contribution is -2.39. The van der Waals surface area contributed by atoms with Crippen LogP contribution in [0.25, 0.3) is 0 Å². The first-order chi connectivity index (χ1) is 5.74. The summed E-state index contributed by atoms with van der Waals surface area (Å²) in [5.41, 5.74) is 0.0317. The summed E-state index contributed by atoms with van der Waals surface area (Å²) in [6, 6.07) is 1.37. The summed E-state index contributed by atoms with van der Waals surface area (Å²) in [5.74, 6) is -1.25. The molecule has 0 saturated carbocycles. The summed E-state index contributed by atoms with van der Waals surface area (Å²) in [5, 5.41) is 22.5. The Hall–Kier alpha value is -1.49. The lowest BCUT2D eigenvalue weighted by Gasteiger charge is -1.97. The molecular weight excluding hydrogens is 160 g/mol. The van der Waals surface area contributed by atoms with E-state index in [1.807, 2.05) is 0 Å². The number of aliphatic hydroxyl groups excluding tert-OH is 1. The first-order valence-corrected chi connectivity index (χ1v) is 3.42. The van der Waals surface area contributed by atoms with E-state index in [1.54, 1.807) is 0 Å². The van der Waals surface area contributed by atoms with E-state index in [-0.39, 0.29) is 12.2 Å². The molecule has 12 heavy (non-hydrogen) atoms. The van der Waals surface area contributed by atoms with Gasteiger partial charge in [0.1, 0.15) is 12.8 Å². The van der Waals surface area contributed by atoms with E-state index >= 15 is 0 Å². The minimum Gasteiger partial charge on any atom is -0.545 e. The van der Waals surface area contributed by atoms with Gasteiger partial charge in [-0.2, -0.15) is 0 Å². The molecule has 1 N–H and O–H groups in total. The molecule has 1 aromatic heterocycles. The molecule has 0 spiro atoms. The molecule has 0 aromatic carbocycles. The number of hydrogen-bond acceptors (Lipinski definition) is 4. The molecule has 0 aliphatic heterocycles. The average Bonchev–Trinajstić information content (AvgIpc) is 2.06. The first-order valence-electron chi connectivity index (χ1n) is 3.42. The highest BCUT2D eigenvalue weighted by molar-refractivity contribution is 5.84. The molecule has 0 amide bonds. The van der Waals surface area contributed by atoms with Crippen LogP contribution in [0.5, 0.6) is 0 Å². The number of hydrogen-bond donors (Lipinski definition) is 1. The minimum atomic E-state index is -1.25. The fourth-order valence-corrected chi connectivity index (χ4v) is 0.740. The Morgan fingerprint density at radius 1 is 1.75 bits per heavy atom. The monoisotopic (exact) mass is 168 g/mol. The third-order valence-corrected chi connectivity index (χ3v) is 1.34. The van der Waals surface area contributed by atoms with Crippen LogP contribution in [-0.2, 0) is 6.54 Å². The predicted octanol–water partition coefficient (Wildman–Crippen LogP) is -2.28. The van der Waals surface area contributed by atoms with Crippen molar-refractivity contribution in [1.82, 2.24) is 5.10 Å². The van der Waals surface area contributed by atoms with Crippen LogP contribution in [0.2, 0.25) is 0 Å². The van der Waals surface area contributed by atoms with Gasteiger partial charge in [0.15, 0.2) is 12.7 Å². The maximum atomic E-state index is 10.3. The number of aromatic carboxylic acids is 1.